The van der Waals surface area contributed by atoms with Gasteiger partial charge in [-0.2, -0.15) is 0 Å². The van der Waals surface area contributed by atoms with Gasteiger partial charge in [0.05, 0.1) is 12.7 Å². The summed E-state index contributed by atoms with van der Waals surface area (Å²) in [6.07, 6.45) is 9.49. The second-order valence-electron chi connectivity index (χ2n) is 13.3. The minimum atomic E-state index is -0.121. The molecule has 3 unspecified atom stereocenters. The van der Waals surface area contributed by atoms with Crippen LogP contribution in [0.2, 0.25) is 0 Å². The highest BCUT2D eigenvalue weighted by molar-refractivity contribution is 5.98. The molecule has 0 spiro atoms. The van der Waals surface area contributed by atoms with Gasteiger partial charge in [0.1, 0.15) is 5.75 Å². The molecule has 234 valence electrons. The molecule has 2 aliphatic carbocycles. The maximum absolute atomic E-state index is 13.6. The van der Waals surface area contributed by atoms with E-state index in [-0.39, 0.29) is 29.5 Å². The van der Waals surface area contributed by atoms with Crippen molar-refractivity contribution in [3.8, 4) is 5.75 Å². The van der Waals surface area contributed by atoms with Crippen LogP contribution in [0.1, 0.15) is 127 Å². The minimum absolute atomic E-state index is 0.0802. The molecule has 0 aliphatic heterocycles. The Labute approximate surface area is 264 Å². The average molecular weight is 595 g/mol. The van der Waals surface area contributed by atoms with Crippen molar-refractivity contribution >= 4 is 11.6 Å². The summed E-state index contributed by atoms with van der Waals surface area (Å²) < 4.78 is 6.11. The van der Waals surface area contributed by atoms with Crippen molar-refractivity contribution in [1.29, 1.82) is 0 Å². The number of carbonyl (C=O) groups excluding carboxylic acids is 2. The summed E-state index contributed by atoms with van der Waals surface area (Å²) in [7, 11) is 0. The highest BCUT2D eigenvalue weighted by Gasteiger charge is 2.34. The maximum atomic E-state index is 13.6. The van der Waals surface area contributed by atoms with Crippen LogP contribution in [0.25, 0.3) is 0 Å². The molecule has 0 heterocycles. The first kappa shape index (κ1) is 32.2. The molecule has 2 aliphatic rings. The van der Waals surface area contributed by atoms with Crippen LogP contribution in [-0.2, 0) is 19.3 Å². The molecule has 0 bridgehead atoms. The second kappa shape index (κ2) is 14.7. The van der Waals surface area contributed by atoms with Crippen molar-refractivity contribution in [2.45, 2.75) is 104 Å². The highest BCUT2D eigenvalue weighted by Crippen LogP contribution is 2.42. The molecular formula is C40H50O4. The van der Waals surface area contributed by atoms with Gasteiger partial charge in [0.2, 0.25) is 0 Å². The lowest BCUT2D eigenvalue weighted by Crippen LogP contribution is -2.25. The smallest absolute Gasteiger partial charge is 0.166 e. The third-order valence-corrected chi connectivity index (χ3v) is 10.3. The van der Waals surface area contributed by atoms with Crippen LogP contribution < -0.4 is 4.74 Å². The standard InChI is InChI=1S/C40H50O4/c1-5-29-12-11-28(23-38(29)26(3)21-33-9-7-8-10-37(33)27(4)41)22-34-17-18-35(25-39(34)44-6-2)40(43)31-15-13-30(14-16-31)32-19-20-36(42)24-32/h7-12,17-18,23,25-26,30-32,36,42H,5-6,13-16,19-22,24H2,1-4H3. The number of aliphatic hydroxyl groups is 1. The Bertz CT molecular complexity index is 1450. The van der Waals surface area contributed by atoms with Gasteiger partial charge in [0.25, 0.3) is 0 Å². The first-order valence-corrected chi connectivity index (χ1v) is 17.0. The summed E-state index contributed by atoms with van der Waals surface area (Å²) in [5.41, 5.74) is 7.66. The van der Waals surface area contributed by atoms with Crippen molar-refractivity contribution < 1.29 is 19.4 Å². The summed E-state index contributed by atoms with van der Waals surface area (Å²) in [6.45, 7) is 8.64. The van der Waals surface area contributed by atoms with Crippen LogP contribution in [0.3, 0.4) is 0 Å². The van der Waals surface area contributed by atoms with Gasteiger partial charge in [-0.1, -0.05) is 68.4 Å². The van der Waals surface area contributed by atoms with Gasteiger partial charge in [0, 0.05) is 23.5 Å². The van der Waals surface area contributed by atoms with Crippen LogP contribution in [0.4, 0.5) is 0 Å². The number of carbonyl (C=O) groups is 2. The molecule has 0 aromatic heterocycles. The summed E-state index contributed by atoms with van der Waals surface area (Å²) in [5, 5.41) is 9.97. The van der Waals surface area contributed by atoms with Crippen LogP contribution in [0, 0.1) is 17.8 Å². The van der Waals surface area contributed by atoms with Gasteiger partial charge in [-0.25, -0.2) is 0 Å². The van der Waals surface area contributed by atoms with E-state index in [9.17, 15) is 14.7 Å². The third-order valence-electron chi connectivity index (χ3n) is 10.3. The highest BCUT2D eigenvalue weighted by atomic mass is 16.5. The quantitative estimate of drug-likeness (QED) is 0.213. The van der Waals surface area contributed by atoms with Crippen LogP contribution in [0.5, 0.6) is 5.75 Å². The number of aryl methyl sites for hydroxylation is 1. The molecule has 0 amide bonds. The topological polar surface area (TPSA) is 63.6 Å². The van der Waals surface area contributed by atoms with E-state index in [0.29, 0.717) is 18.4 Å². The molecular weight excluding hydrogens is 544 g/mol. The van der Waals surface area contributed by atoms with Gasteiger partial charge >= 0.3 is 0 Å². The van der Waals surface area contributed by atoms with E-state index in [1.54, 1.807) is 6.92 Å². The molecule has 3 atom stereocenters. The van der Waals surface area contributed by atoms with Gasteiger partial charge in [-0.05, 0) is 123 Å². The third kappa shape index (κ3) is 7.51. The molecule has 4 heteroatoms. The van der Waals surface area contributed by atoms with Crippen LogP contribution in [-0.4, -0.2) is 29.4 Å². The summed E-state index contributed by atoms with van der Waals surface area (Å²) in [4.78, 5) is 25.8. The Morgan fingerprint density at radius 2 is 1.59 bits per heavy atom. The van der Waals surface area contributed by atoms with E-state index in [1.807, 2.05) is 37.3 Å². The van der Waals surface area contributed by atoms with Gasteiger partial charge in [-0.15, -0.1) is 0 Å². The summed E-state index contributed by atoms with van der Waals surface area (Å²) in [6, 6.07) is 20.8. The van der Waals surface area contributed by atoms with E-state index in [0.717, 1.165) is 92.2 Å². The molecule has 2 fully saturated rings. The zero-order valence-electron chi connectivity index (χ0n) is 27.1. The van der Waals surface area contributed by atoms with E-state index in [2.05, 4.69) is 44.2 Å². The number of hydrogen-bond donors (Lipinski definition) is 1. The normalized spacial score (nSPS) is 22.5. The van der Waals surface area contributed by atoms with E-state index in [1.165, 1.54) is 16.7 Å². The number of ether oxygens (including phenoxy) is 1. The predicted molar refractivity (Wildman–Crippen MR) is 178 cm³/mol. The molecule has 1 N–H and O–H groups in total. The van der Waals surface area contributed by atoms with Crippen molar-refractivity contribution in [2.24, 2.45) is 17.8 Å². The minimum Gasteiger partial charge on any atom is -0.494 e. The van der Waals surface area contributed by atoms with E-state index < -0.39 is 0 Å². The Balaban J connectivity index is 1.30. The Morgan fingerprint density at radius 3 is 2.27 bits per heavy atom. The lowest BCUT2D eigenvalue weighted by atomic mass is 9.73. The molecule has 4 nitrogen and oxygen atoms in total. The zero-order valence-corrected chi connectivity index (χ0v) is 27.1. The zero-order chi connectivity index (χ0) is 31.2. The van der Waals surface area contributed by atoms with Gasteiger partial charge in [0.15, 0.2) is 11.6 Å². The van der Waals surface area contributed by atoms with E-state index in [4.69, 9.17) is 4.74 Å². The van der Waals surface area contributed by atoms with Gasteiger partial charge in [-0.3, -0.25) is 9.59 Å². The molecule has 2 saturated carbocycles. The first-order chi connectivity index (χ1) is 21.3. The van der Waals surface area contributed by atoms with E-state index >= 15 is 0 Å². The largest absolute Gasteiger partial charge is 0.494 e. The number of benzene rings is 3. The monoisotopic (exact) mass is 594 g/mol. The molecule has 44 heavy (non-hydrogen) atoms. The van der Waals surface area contributed by atoms with Crippen LogP contribution >= 0.6 is 0 Å². The Kier molecular flexibility index (Phi) is 10.7. The van der Waals surface area contributed by atoms with Crippen LogP contribution in [0.15, 0.2) is 60.7 Å². The Hall–Kier alpha value is -3.24. The number of ketones is 2. The van der Waals surface area contributed by atoms with Crippen molar-refractivity contribution in [1.82, 2.24) is 0 Å². The molecule has 5 rings (SSSR count). The number of hydrogen-bond acceptors (Lipinski definition) is 4. The molecule has 0 saturated heterocycles. The molecule has 3 aromatic rings. The van der Waals surface area contributed by atoms with Gasteiger partial charge < -0.3 is 9.84 Å². The fraction of sp³-hybridized carbons (Fsp3) is 0.500. The molecule has 0 radical (unpaired) electrons. The predicted octanol–water partition coefficient (Wildman–Crippen LogP) is 8.94. The average Bonchev–Trinajstić information content (AvgIpc) is 3.48. The summed E-state index contributed by atoms with van der Waals surface area (Å²) in [5.74, 6) is 2.81. The maximum Gasteiger partial charge on any atom is 0.166 e. The summed E-state index contributed by atoms with van der Waals surface area (Å²) >= 11 is 0. The first-order valence-electron chi connectivity index (χ1n) is 17.0. The fourth-order valence-electron chi connectivity index (χ4n) is 7.89. The fourth-order valence-corrected chi connectivity index (χ4v) is 7.89. The van der Waals surface area contributed by atoms with Crippen molar-refractivity contribution in [3.05, 3.63) is 99.6 Å². The molecule has 3 aromatic carbocycles. The SMILES string of the molecule is CCOc1cc(C(=O)C2CCC(C3CCC(O)C3)CC2)ccc1Cc1ccc(CC)c(C(C)Cc2ccccc2C(C)=O)c1. The Morgan fingerprint density at radius 1 is 0.864 bits per heavy atom. The lowest BCUT2D eigenvalue weighted by Gasteiger charge is -2.31. The van der Waals surface area contributed by atoms with Crippen molar-refractivity contribution in [3.63, 3.8) is 0 Å². The number of rotatable bonds is 12. The number of aliphatic hydroxyl groups excluding tert-OH is 1. The number of Topliss-reactive ketones (excluding diaryl/α,β-unsaturated/α-hetero) is 2. The lowest BCUT2D eigenvalue weighted by molar-refractivity contribution is 0.0846. The van der Waals surface area contributed by atoms with Crippen molar-refractivity contribution in [2.75, 3.05) is 6.61 Å². The second-order valence-corrected chi connectivity index (χ2v) is 13.3.